The van der Waals surface area contributed by atoms with Crippen molar-refractivity contribution in [3.63, 3.8) is 0 Å². The van der Waals surface area contributed by atoms with E-state index in [4.69, 9.17) is 11.6 Å². The molecule has 0 bridgehead atoms. The number of anilines is 1. The zero-order valence-electron chi connectivity index (χ0n) is 13.9. The molecule has 0 saturated carbocycles. The molecule has 0 amide bonds. The average molecular weight is 415 g/mol. The predicted molar refractivity (Wildman–Crippen MR) is 102 cm³/mol. The number of rotatable bonds is 6. The second kappa shape index (κ2) is 7.56. The molecule has 0 radical (unpaired) electrons. The summed E-state index contributed by atoms with van der Waals surface area (Å²) in [6, 6.07) is 12.3. The Bertz CT molecular complexity index is 966. The first-order valence-corrected chi connectivity index (χ1v) is 11.6. The quantitative estimate of drug-likeness (QED) is 0.787. The summed E-state index contributed by atoms with van der Waals surface area (Å²) in [5.74, 6) is -0.196. The standard InChI is InChI=1S/C17H19ClN2O4S2/c18-15-5-3-14(4-6-15)13-25(21,22)19-16-7-9-17(10-8-16)26(23,24)20-11-1-2-12-20/h3-10,19H,1-2,11-13H2. The fourth-order valence-electron chi connectivity index (χ4n) is 2.79. The van der Waals surface area contributed by atoms with E-state index in [-0.39, 0.29) is 10.6 Å². The van der Waals surface area contributed by atoms with Gasteiger partial charge in [-0.15, -0.1) is 0 Å². The molecular weight excluding hydrogens is 396 g/mol. The van der Waals surface area contributed by atoms with Crippen molar-refractivity contribution in [1.29, 1.82) is 0 Å². The van der Waals surface area contributed by atoms with Gasteiger partial charge in [0.25, 0.3) is 0 Å². The number of sulfonamides is 2. The van der Waals surface area contributed by atoms with Gasteiger partial charge >= 0.3 is 0 Å². The Morgan fingerprint density at radius 2 is 1.46 bits per heavy atom. The molecule has 1 aliphatic heterocycles. The zero-order valence-corrected chi connectivity index (χ0v) is 16.3. The van der Waals surface area contributed by atoms with Gasteiger partial charge < -0.3 is 0 Å². The number of halogens is 1. The summed E-state index contributed by atoms with van der Waals surface area (Å²) in [5, 5.41) is 0.536. The highest BCUT2D eigenvalue weighted by molar-refractivity contribution is 7.92. The van der Waals surface area contributed by atoms with Crippen LogP contribution in [-0.2, 0) is 25.8 Å². The van der Waals surface area contributed by atoms with Crippen LogP contribution in [0.25, 0.3) is 0 Å². The molecule has 1 heterocycles. The fourth-order valence-corrected chi connectivity index (χ4v) is 5.63. The van der Waals surface area contributed by atoms with Crippen LogP contribution in [-0.4, -0.2) is 34.2 Å². The van der Waals surface area contributed by atoms with E-state index in [0.717, 1.165) is 12.8 Å². The first-order chi connectivity index (χ1) is 12.3. The highest BCUT2D eigenvalue weighted by Crippen LogP contribution is 2.23. The topological polar surface area (TPSA) is 83.5 Å². The van der Waals surface area contributed by atoms with Gasteiger partial charge in [0.1, 0.15) is 0 Å². The van der Waals surface area contributed by atoms with E-state index >= 15 is 0 Å². The van der Waals surface area contributed by atoms with Crippen molar-refractivity contribution < 1.29 is 16.8 Å². The summed E-state index contributed by atoms with van der Waals surface area (Å²) in [7, 11) is -7.13. The van der Waals surface area contributed by atoms with Gasteiger partial charge in [-0.2, -0.15) is 4.31 Å². The number of nitrogens with zero attached hydrogens (tertiary/aromatic N) is 1. The molecule has 1 fully saturated rings. The van der Waals surface area contributed by atoms with E-state index in [0.29, 0.717) is 29.4 Å². The highest BCUT2D eigenvalue weighted by atomic mass is 35.5. The van der Waals surface area contributed by atoms with Gasteiger partial charge in [0.05, 0.1) is 10.6 Å². The molecule has 0 spiro atoms. The molecule has 3 rings (SSSR count). The molecule has 6 nitrogen and oxygen atoms in total. The maximum absolute atomic E-state index is 12.5. The second-order valence-electron chi connectivity index (χ2n) is 6.12. The fraction of sp³-hybridized carbons (Fsp3) is 0.294. The van der Waals surface area contributed by atoms with Crippen LogP contribution in [0.5, 0.6) is 0 Å². The van der Waals surface area contributed by atoms with E-state index in [9.17, 15) is 16.8 Å². The predicted octanol–water partition coefficient (Wildman–Crippen LogP) is 3.07. The molecule has 0 unspecified atom stereocenters. The molecule has 0 aliphatic carbocycles. The monoisotopic (exact) mass is 414 g/mol. The van der Waals surface area contributed by atoms with Crippen LogP contribution < -0.4 is 4.72 Å². The van der Waals surface area contributed by atoms with Gasteiger partial charge in [-0.1, -0.05) is 23.7 Å². The Hall–Kier alpha value is -1.61. The molecule has 1 aliphatic rings. The van der Waals surface area contributed by atoms with Crippen molar-refractivity contribution in [2.45, 2.75) is 23.5 Å². The average Bonchev–Trinajstić information content (AvgIpc) is 3.12. The molecule has 26 heavy (non-hydrogen) atoms. The highest BCUT2D eigenvalue weighted by Gasteiger charge is 2.27. The molecule has 2 aromatic carbocycles. The number of hydrogen-bond donors (Lipinski definition) is 1. The van der Waals surface area contributed by atoms with E-state index < -0.39 is 20.0 Å². The van der Waals surface area contributed by atoms with E-state index in [1.165, 1.54) is 28.6 Å². The van der Waals surface area contributed by atoms with Crippen molar-refractivity contribution >= 4 is 37.3 Å². The molecule has 140 valence electrons. The van der Waals surface area contributed by atoms with Gasteiger partial charge in [0.15, 0.2) is 0 Å². The van der Waals surface area contributed by atoms with Crippen molar-refractivity contribution in [3.05, 3.63) is 59.1 Å². The summed E-state index contributed by atoms with van der Waals surface area (Å²) in [6.07, 6.45) is 1.73. The van der Waals surface area contributed by atoms with Crippen molar-refractivity contribution in [2.75, 3.05) is 17.8 Å². The first-order valence-electron chi connectivity index (χ1n) is 8.11. The molecule has 9 heteroatoms. The third kappa shape index (κ3) is 4.56. The van der Waals surface area contributed by atoms with Crippen LogP contribution in [0.4, 0.5) is 5.69 Å². The number of hydrogen-bond acceptors (Lipinski definition) is 4. The first kappa shape index (κ1) is 19.2. The van der Waals surface area contributed by atoms with E-state index in [1.54, 1.807) is 24.3 Å². The summed E-state index contributed by atoms with van der Waals surface area (Å²) in [4.78, 5) is 0.167. The largest absolute Gasteiger partial charge is 0.283 e. The number of nitrogens with one attached hydrogen (secondary N) is 1. The molecule has 2 aromatic rings. The molecule has 1 saturated heterocycles. The second-order valence-corrected chi connectivity index (χ2v) is 10.2. The van der Waals surface area contributed by atoms with Crippen LogP contribution in [0.2, 0.25) is 5.02 Å². The van der Waals surface area contributed by atoms with Crippen LogP contribution in [0.1, 0.15) is 18.4 Å². The lowest BCUT2D eigenvalue weighted by atomic mass is 10.2. The van der Waals surface area contributed by atoms with Gasteiger partial charge in [-0.25, -0.2) is 16.8 Å². The van der Waals surface area contributed by atoms with Gasteiger partial charge in [-0.3, -0.25) is 4.72 Å². The Kier molecular flexibility index (Phi) is 5.57. The smallest absolute Gasteiger partial charge is 0.243 e. The Morgan fingerprint density at radius 1 is 0.885 bits per heavy atom. The van der Waals surface area contributed by atoms with Gasteiger partial charge in [0.2, 0.25) is 20.0 Å². The molecule has 1 N–H and O–H groups in total. The Balaban J connectivity index is 1.71. The van der Waals surface area contributed by atoms with Crippen LogP contribution in [0, 0.1) is 0 Å². The SMILES string of the molecule is O=S(=O)(Cc1ccc(Cl)cc1)Nc1ccc(S(=O)(=O)N2CCCC2)cc1. The number of benzene rings is 2. The van der Waals surface area contributed by atoms with E-state index in [2.05, 4.69) is 4.72 Å². The third-order valence-corrected chi connectivity index (χ3v) is 7.53. The van der Waals surface area contributed by atoms with Crippen molar-refractivity contribution in [2.24, 2.45) is 0 Å². The maximum Gasteiger partial charge on any atom is 0.243 e. The van der Waals surface area contributed by atoms with E-state index in [1.807, 2.05) is 0 Å². The lowest BCUT2D eigenvalue weighted by molar-refractivity contribution is 0.477. The summed E-state index contributed by atoms with van der Waals surface area (Å²) >= 11 is 5.79. The minimum absolute atomic E-state index is 0.167. The summed E-state index contributed by atoms with van der Waals surface area (Å²) < 4.78 is 53.4. The minimum Gasteiger partial charge on any atom is -0.283 e. The van der Waals surface area contributed by atoms with Crippen molar-refractivity contribution in [3.8, 4) is 0 Å². The molecular formula is C17H19ClN2O4S2. The normalized spacial score (nSPS) is 15.9. The van der Waals surface area contributed by atoms with Crippen LogP contribution >= 0.6 is 11.6 Å². The van der Waals surface area contributed by atoms with Gasteiger partial charge in [0, 0.05) is 23.8 Å². The Morgan fingerprint density at radius 3 is 2.04 bits per heavy atom. The lowest BCUT2D eigenvalue weighted by Crippen LogP contribution is -2.27. The molecule has 0 aromatic heterocycles. The Labute approximate surface area is 158 Å². The van der Waals surface area contributed by atoms with Gasteiger partial charge in [-0.05, 0) is 54.8 Å². The lowest BCUT2D eigenvalue weighted by Gasteiger charge is -2.16. The van der Waals surface area contributed by atoms with Crippen LogP contribution in [0.3, 0.4) is 0 Å². The zero-order chi connectivity index (χ0) is 18.8. The summed E-state index contributed by atoms with van der Waals surface area (Å²) in [5.41, 5.74) is 0.925. The molecule has 0 atom stereocenters. The minimum atomic E-state index is -3.62. The third-order valence-electron chi connectivity index (χ3n) is 4.10. The summed E-state index contributed by atoms with van der Waals surface area (Å²) in [6.45, 7) is 1.05. The van der Waals surface area contributed by atoms with Crippen molar-refractivity contribution in [1.82, 2.24) is 4.31 Å². The maximum atomic E-state index is 12.5. The van der Waals surface area contributed by atoms with Crippen LogP contribution in [0.15, 0.2) is 53.4 Å².